The molecule has 29 heavy (non-hydrogen) atoms. The van der Waals surface area contributed by atoms with E-state index in [9.17, 15) is 4.79 Å². The lowest BCUT2D eigenvalue weighted by Crippen LogP contribution is -2.12. The number of methoxy groups -OCH3 is 1. The molecule has 3 N–H and O–H groups in total. The third kappa shape index (κ3) is 3.26. The summed E-state index contributed by atoms with van der Waals surface area (Å²) < 4.78 is 13.5. The van der Waals surface area contributed by atoms with Crippen molar-refractivity contribution in [1.82, 2.24) is 9.55 Å². The average molecular weight is 392 g/mol. The molecule has 1 amide bonds. The molecule has 0 radical (unpaired) electrons. The highest BCUT2D eigenvalue weighted by atomic mass is 16.5. The predicted octanol–water partition coefficient (Wildman–Crippen LogP) is 3.42. The molecule has 1 aromatic heterocycles. The normalized spacial score (nSPS) is 15.6. The van der Waals surface area contributed by atoms with Crippen LogP contribution in [-0.2, 0) is 6.54 Å². The summed E-state index contributed by atoms with van der Waals surface area (Å²) in [6, 6.07) is 9.57. The van der Waals surface area contributed by atoms with E-state index in [-0.39, 0.29) is 0 Å². The van der Waals surface area contributed by atoms with Crippen LogP contribution in [0, 0.1) is 5.92 Å². The van der Waals surface area contributed by atoms with Crippen LogP contribution in [0.2, 0.25) is 0 Å². The zero-order valence-corrected chi connectivity index (χ0v) is 16.4. The van der Waals surface area contributed by atoms with E-state index in [4.69, 9.17) is 20.2 Å². The summed E-state index contributed by atoms with van der Waals surface area (Å²) in [6.07, 6.45) is 3.49. The molecule has 2 aromatic carbocycles. The number of carbonyl (C=O) groups excluding carboxylic acids is 1. The molecule has 2 heterocycles. The molecule has 150 valence electrons. The van der Waals surface area contributed by atoms with Gasteiger partial charge in [-0.2, -0.15) is 0 Å². The zero-order chi connectivity index (χ0) is 20.0. The Morgan fingerprint density at radius 2 is 2.21 bits per heavy atom. The highest BCUT2D eigenvalue weighted by molar-refractivity contribution is 5.97. The first-order valence-electron chi connectivity index (χ1n) is 10.0. The molecular weight excluding hydrogens is 368 g/mol. The first-order chi connectivity index (χ1) is 14.1. The Balaban J connectivity index is 1.63. The number of hydrogen-bond acceptors (Lipinski definition) is 5. The molecule has 7 heteroatoms. The second kappa shape index (κ2) is 6.99. The van der Waals surface area contributed by atoms with E-state index >= 15 is 0 Å². The summed E-state index contributed by atoms with van der Waals surface area (Å²) in [7, 11) is 1.53. The second-order valence-corrected chi connectivity index (χ2v) is 7.73. The Labute approximate surface area is 168 Å². The molecule has 0 atom stereocenters. The van der Waals surface area contributed by atoms with Gasteiger partial charge in [0.2, 0.25) is 0 Å². The number of nitrogens with two attached hydrogens (primary N) is 1. The predicted molar refractivity (Wildman–Crippen MR) is 112 cm³/mol. The fraction of sp³-hybridized carbons (Fsp3) is 0.364. The maximum Gasteiger partial charge on any atom is 0.252 e. The monoisotopic (exact) mass is 392 g/mol. The number of aryl methyl sites for hydroxylation is 1. The first kappa shape index (κ1) is 17.8. The minimum Gasteiger partial charge on any atom is -0.496 e. The van der Waals surface area contributed by atoms with Gasteiger partial charge in [-0.25, -0.2) is 4.98 Å². The number of nitrogens with zero attached hydrogens (tertiary/aromatic N) is 2. The van der Waals surface area contributed by atoms with E-state index < -0.39 is 5.91 Å². The molecule has 3 aromatic rings. The van der Waals surface area contributed by atoms with Crippen molar-refractivity contribution in [1.29, 1.82) is 0 Å². The lowest BCUT2D eigenvalue weighted by Gasteiger charge is -2.11. The number of amides is 1. The van der Waals surface area contributed by atoms with Crippen LogP contribution >= 0.6 is 0 Å². The van der Waals surface area contributed by atoms with Crippen molar-refractivity contribution in [2.24, 2.45) is 11.7 Å². The van der Waals surface area contributed by atoms with Crippen molar-refractivity contribution < 1.29 is 14.3 Å². The topological polar surface area (TPSA) is 91.4 Å². The lowest BCUT2D eigenvalue weighted by molar-refractivity contribution is 0.0997. The van der Waals surface area contributed by atoms with Crippen LogP contribution in [0.15, 0.2) is 30.3 Å². The van der Waals surface area contributed by atoms with Crippen molar-refractivity contribution >= 4 is 22.6 Å². The largest absolute Gasteiger partial charge is 0.496 e. The minimum atomic E-state index is -0.522. The number of rotatable bonds is 6. The van der Waals surface area contributed by atoms with E-state index in [1.54, 1.807) is 12.1 Å². The molecule has 2 aliphatic rings. The van der Waals surface area contributed by atoms with Crippen LogP contribution in [0.3, 0.4) is 0 Å². The average Bonchev–Trinajstić information content (AvgIpc) is 3.51. The van der Waals surface area contributed by atoms with Gasteiger partial charge < -0.3 is 25.1 Å². The maximum atomic E-state index is 11.9. The van der Waals surface area contributed by atoms with Gasteiger partial charge in [-0.15, -0.1) is 0 Å². The Bertz CT molecular complexity index is 1100. The zero-order valence-electron chi connectivity index (χ0n) is 16.4. The summed E-state index contributed by atoms with van der Waals surface area (Å²) in [5, 5.41) is 3.52. The number of aromatic nitrogens is 2. The maximum absolute atomic E-state index is 11.9. The second-order valence-electron chi connectivity index (χ2n) is 7.73. The third-order valence-corrected chi connectivity index (χ3v) is 5.61. The van der Waals surface area contributed by atoms with Crippen LogP contribution in [0.4, 0.5) is 5.69 Å². The van der Waals surface area contributed by atoms with E-state index in [2.05, 4.69) is 22.0 Å². The molecular formula is C22H24N4O3. The molecule has 1 aliphatic heterocycles. The van der Waals surface area contributed by atoms with Crippen molar-refractivity contribution in [3.05, 3.63) is 35.9 Å². The van der Waals surface area contributed by atoms with E-state index in [0.29, 0.717) is 17.9 Å². The molecule has 1 fully saturated rings. The van der Waals surface area contributed by atoms with Crippen LogP contribution in [0.1, 0.15) is 29.6 Å². The molecule has 0 bridgehead atoms. The van der Waals surface area contributed by atoms with E-state index in [1.807, 2.05) is 6.07 Å². The Morgan fingerprint density at radius 1 is 1.34 bits per heavy atom. The summed E-state index contributed by atoms with van der Waals surface area (Å²) in [5.41, 5.74) is 9.64. The molecule has 0 unspecified atom stereocenters. The van der Waals surface area contributed by atoms with Gasteiger partial charge in [0.1, 0.15) is 22.8 Å². The smallest absolute Gasteiger partial charge is 0.252 e. The quantitative estimate of drug-likeness (QED) is 0.671. The standard InChI is InChI=1S/C22H24N4O3/c1-28-18-6-5-14(9-16(18)21(23)27)22-25-17-10-15(24-12-13-3-4-13)11-19-20(17)26(22)7-2-8-29-19/h5-6,9-11,13,24H,2-4,7-8,12H2,1H3,(H2,23,27). The molecule has 0 saturated heterocycles. The van der Waals surface area contributed by atoms with Gasteiger partial charge in [0.15, 0.2) is 0 Å². The van der Waals surface area contributed by atoms with Crippen LogP contribution in [-0.4, -0.2) is 35.7 Å². The van der Waals surface area contributed by atoms with Gasteiger partial charge in [-0.1, -0.05) is 0 Å². The highest BCUT2D eigenvalue weighted by Gasteiger charge is 2.23. The van der Waals surface area contributed by atoms with Crippen molar-refractivity contribution in [2.75, 3.05) is 25.6 Å². The van der Waals surface area contributed by atoms with Crippen molar-refractivity contribution in [2.45, 2.75) is 25.8 Å². The highest BCUT2D eigenvalue weighted by Crippen LogP contribution is 2.37. The van der Waals surface area contributed by atoms with E-state index in [0.717, 1.165) is 59.3 Å². The van der Waals surface area contributed by atoms with Gasteiger partial charge in [0, 0.05) is 30.4 Å². The molecule has 7 nitrogen and oxygen atoms in total. The molecule has 1 saturated carbocycles. The third-order valence-electron chi connectivity index (χ3n) is 5.61. The summed E-state index contributed by atoms with van der Waals surface area (Å²) >= 11 is 0. The van der Waals surface area contributed by atoms with Gasteiger partial charge >= 0.3 is 0 Å². The van der Waals surface area contributed by atoms with Crippen LogP contribution in [0.5, 0.6) is 11.5 Å². The van der Waals surface area contributed by atoms with Crippen molar-refractivity contribution in [3.8, 4) is 22.9 Å². The Hall–Kier alpha value is -3.22. The fourth-order valence-electron chi connectivity index (χ4n) is 3.91. The molecule has 5 rings (SSSR count). The van der Waals surface area contributed by atoms with Crippen LogP contribution < -0.4 is 20.5 Å². The lowest BCUT2D eigenvalue weighted by atomic mass is 10.1. The molecule has 1 aliphatic carbocycles. The number of carbonyl (C=O) groups is 1. The summed E-state index contributed by atoms with van der Waals surface area (Å²) in [6.45, 7) is 2.45. The van der Waals surface area contributed by atoms with E-state index in [1.165, 1.54) is 20.0 Å². The Morgan fingerprint density at radius 3 is 2.97 bits per heavy atom. The number of primary amides is 1. The first-order valence-corrected chi connectivity index (χ1v) is 10.0. The van der Waals surface area contributed by atoms with Gasteiger partial charge in [0.05, 0.1) is 24.8 Å². The number of imidazole rings is 1. The fourth-order valence-corrected chi connectivity index (χ4v) is 3.91. The number of anilines is 1. The number of nitrogens with one attached hydrogen (secondary N) is 1. The number of benzene rings is 2. The molecule has 0 spiro atoms. The minimum absolute atomic E-state index is 0.349. The van der Waals surface area contributed by atoms with Gasteiger partial charge in [0.25, 0.3) is 5.91 Å². The summed E-state index contributed by atoms with van der Waals surface area (Å²) in [4.78, 5) is 16.8. The van der Waals surface area contributed by atoms with Crippen LogP contribution in [0.25, 0.3) is 22.4 Å². The van der Waals surface area contributed by atoms with Gasteiger partial charge in [-0.3, -0.25) is 4.79 Å². The summed E-state index contributed by atoms with van der Waals surface area (Å²) in [5.74, 6) is 2.37. The van der Waals surface area contributed by atoms with Gasteiger partial charge in [-0.05, 0) is 49.4 Å². The van der Waals surface area contributed by atoms with Crippen molar-refractivity contribution in [3.63, 3.8) is 0 Å². The Kier molecular flexibility index (Phi) is 4.30. The SMILES string of the molecule is COc1ccc(-c2nc3cc(NCC4CC4)cc4c3n2CCCO4)cc1C(N)=O. The number of ether oxygens (including phenoxy) is 2. The number of hydrogen-bond donors (Lipinski definition) is 2.